The van der Waals surface area contributed by atoms with E-state index in [1.807, 2.05) is 12.4 Å². The number of hydrogen-bond acceptors (Lipinski definition) is 6. The summed E-state index contributed by atoms with van der Waals surface area (Å²) in [6.07, 6.45) is 3.73. The van der Waals surface area contributed by atoms with Gasteiger partial charge in [-0.2, -0.15) is 0 Å². The van der Waals surface area contributed by atoms with Crippen LogP contribution in [0.25, 0.3) is 12.4 Å². The van der Waals surface area contributed by atoms with E-state index in [2.05, 4.69) is 31.2 Å². The minimum absolute atomic E-state index is 0.696. The number of anilines is 2. The molecular formula is C8H10N6. The summed E-state index contributed by atoms with van der Waals surface area (Å²) in [6.45, 7) is 1.39. The van der Waals surface area contributed by atoms with E-state index in [0.29, 0.717) is 13.3 Å². The Morgan fingerprint density at radius 1 is 0.857 bits per heavy atom. The van der Waals surface area contributed by atoms with Crippen LogP contribution in [0.1, 0.15) is 0 Å². The Hall–Kier alpha value is -1.98. The first-order valence-corrected chi connectivity index (χ1v) is 4.46. The molecule has 14 heavy (non-hydrogen) atoms. The van der Waals surface area contributed by atoms with Crippen LogP contribution >= 0.6 is 0 Å². The molecule has 0 bridgehead atoms. The summed E-state index contributed by atoms with van der Waals surface area (Å²) in [4.78, 5) is 8.86. The number of fused-ring (bicyclic) bond motifs is 2. The van der Waals surface area contributed by atoms with Gasteiger partial charge in [0.1, 0.15) is 10.7 Å². The SMILES string of the molecule is C1=c2nc3c(nc2NCN1)=CNCN3. The number of hydrogen-bond donors (Lipinski definition) is 4. The van der Waals surface area contributed by atoms with Gasteiger partial charge in [0.25, 0.3) is 0 Å². The van der Waals surface area contributed by atoms with Crippen molar-refractivity contribution in [2.45, 2.75) is 0 Å². The molecule has 4 N–H and O–H groups in total. The lowest BCUT2D eigenvalue weighted by Crippen LogP contribution is -2.39. The molecule has 0 aliphatic carbocycles. The first-order valence-electron chi connectivity index (χ1n) is 4.46. The quantitative estimate of drug-likeness (QED) is 0.375. The Morgan fingerprint density at radius 2 is 1.36 bits per heavy atom. The van der Waals surface area contributed by atoms with Gasteiger partial charge in [-0.05, 0) is 0 Å². The van der Waals surface area contributed by atoms with Crippen LogP contribution in [-0.2, 0) is 0 Å². The molecule has 0 saturated carbocycles. The molecule has 0 amide bonds. The summed E-state index contributed by atoms with van der Waals surface area (Å²) in [5.74, 6) is 1.65. The van der Waals surface area contributed by atoms with Crippen LogP contribution < -0.4 is 32.0 Å². The minimum atomic E-state index is 0.696. The van der Waals surface area contributed by atoms with Gasteiger partial charge in [0.05, 0.1) is 13.3 Å². The Labute approximate surface area is 80.1 Å². The first kappa shape index (κ1) is 7.43. The van der Waals surface area contributed by atoms with E-state index in [1.54, 1.807) is 0 Å². The second-order valence-electron chi connectivity index (χ2n) is 3.10. The van der Waals surface area contributed by atoms with Crippen molar-refractivity contribution in [2.75, 3.05) is 24.0 Å². The molecule has 6 nitrogen and oxygen atoms in total. The fraction of sp³-hybridized carbons (Fsp3) is 0.250. The fourth-order valence-electron chi connectivity index (χ4n) is 1.49. The average Bonchev–Trinajstić information content (AvgIpc) is 2.26. The summed E-state index contributed by atoms with van der Waals surface area (Å²) >= 11 is 0. The summed E-state index contributed by atoms with van der Waals surface area (Å²) in [7, 11) is 0. The van der Waals surface area contributed by atoms with Gasteiger partial charge < -0.3 is 21.3 Å². The Morgan fingerprint density at radius 3 is 1.86 bits per heavy atom. The second kappa shape index (κ2) is 2.76. The lowest BCUT2D eigenvalue weighted by molar-refractivity contribution is 0.880. The summed E-state index contributed by atoms with van der Waals surface area (Å²) in [6, 6.07) is 0. The van der Waals surface area contributed by atoms with Crippen molar-refractivity contribution in [1.29, 1.82) is 0 Å². The molecule has 6 heteroatoms. The molecule has 0 atom stereocenters. The maximum Gasteiger partial charge on any atom is 0.155 e. The van der Waals surface area contributed by atoms with E-state index in [0.717, 1.165) is 22.3 Å². The lowest BCUT2D eigenvalue weighted by Gasteiger charge is -2.16. The van der Waals surface area contributed by atoms with Crippen LogP contribution in [0.15, 0.2) is 0 Å². The monoisotopic (exact) mass is 190 g/mol. The summed E-state index contributed by atoms with van der Waals surface area (Å²) < 4.78 is 0. The molecule has 72 valence electrons. The topological polar surface area (TPSA) is 73.9 Å². The van der Waals surface area contributed by atoms with E-state index in [4.69, 9.17) is 0 Å². The molecule has 0 spiro atoms. The van der Waals surface area contributed by atoms with Crippen molar-refractivity contribution >= 4 is 24.0 Å². The molecule has 0 unspecified atom stereocenters. The van der Waals surface area contributed by atoms with Gasteiger partial charge in [0.15, 0.2) is 11.6 Å². The molecular weight excluding hydrogens is 180 g/mol. The number of nitrogens with one attached hydrogen (secondary N) is 4. The van der Waals surface area contributed by atoms with Gasteiger partial charge in [-0.3, -0.25) is 0 Å². The van der Waals surface area contributed by atoms with Crippen LogP contribution in [0.3, 0.4) is 0 Å². The molecule has 0 aromatic carbocycles. The van der Waals surface area contributed by atoms with Gasteiger partial charge in [-0.25, -0.2) is 9.97 Å². The Bertz CT molecular complexity index is 434. The predicted octanol–water partition coefficient (Wildman–Crippen LogP) is -2.10. The van der Waals surface area contributed by atoms with Crippen molar-refractivity contribution in [2.24, 2.45) is 0 Å². The summed E-state index contributed by atoms with van der Waals surface area (Å²) in [5.41, 5.74) is 0. The fourth-order valence-corrected chi connectivity index (χ4v) is 1.49. The smallest absolute Gasteiger partial charge is 0.155 e. The number of rotatable bonds is 0. The third-order valence-corrected chi connectivity index (χ3v) is 2.14. The van der Waals surface area contributed by atoms with Crippen molar-refractivity contribution < 1.29 is 0 Å². The molecule has 3 rings (SSSR count). The molecule has 2 aliphatic rings. The maximum absolute atomic E-state index is 4.43. The molecule has 0 radical (unpaired) electrons. The molecule has 3 heterocycles. The van der Waals surface area contributed by atoms with E-state index < -0.39 is 0 Å². The minimum Gasteiger partial charge on any atom is -0.372 e. The summed E-state index contributed by atoms with van der Waals surface area (Å²) in [5, 5.41) is 14.0. The van der Waals surface area contributed by atoms with Crippen molar-refractivity contribution in [3.63, 3.8) is 0 Å². The average molecular weight is 190 g/mol. The standard InChI is InChI=1S/C8H10N6/c1-5-7(11-3-9-1)14-6-2-10-4-12-8(6)13-5/h1-2,9-10H,3-4H2,(H,12,13)(H,11,14). The highest BCUT2D eigenvalue weighted by Gasteiger charge is 2.08. The molecule has 2 aliphatic heterocycles. The number of nitrogens with zero attached hydrogens (tertiary/aromatic N) is 2. The largest absolute Gasteiger partial charge is 0.372 e. The zero-order valence-corrected chi connectivity index (χ0v) is 7.46. The van der Waals surface area contributed by atoms with Crippen LogP contribution in [0.2, 0.25) is 0 Å². The zero-order valence-electron chi connectivity index (χ0n) is 7.46. The Kier molecular flexibility index (Phi) is 1.46. The molecule has 1 aromatic rings. The van der Waals surface area contributed by atoms with Gasteiger partial charge in [0, 0.05) is 12.4 Å². The van der Waals surface area contributed by atoms with E-state index in [-0.39, 0.29) is 0 Å². The lowest BCUT2D eigenvalue weighted by atomic mass is 10.4. The third-order valence-electron chi connectivity index (χ3n) is 2.14. The normalized spacial score (nSPS) is 16.6. The van der Waals surface area contributed by atoms with Gasteiger partial charge >= 0.3 is 0 Å². The number of aromatic nitrogens is 2. The van der Waals surface area contributed by atoms with Crippen molar-refractivity contribution in [3.05, 3.63) is 10.7 Å². The van der Waals surface area contributed by atoms with E-state index >= 15 is 0 Å². The van der Waals surface area contributed by atoms with Crippen LogP contribution in [0.5, 0.6) is 0 Å². The van der Waals surface area contributed by atoms with Crippen molar-refractivity contribution in [1.82, 2.24) is 20.6 Å². The maximum atomic E-state index is 4.43. The van der Waals surface area contributed by atoms with Gasteiger partial charge in [-0.1, -0.05) is 0 Å². The highest BCUT2D eigenvalue weighted by atomic mass is 15.2. The molecule has 0 fully saturated rings. The highest BCUT2D eigenvalue weighted by Crippen LogP contribution is 1.96. The molecule has 0 saturated heterocycles. The van der Waals surface area contributed by atoms with Gasteiger partial charge in [0.2, 0.25) is 0 Å². The zero-order chi connectivity index (χ0) is 9.38. The second-order valence-corrected chi connectivity index (χ2v) is 3.10. The highest BCUT2D eigenvalue weighted by molar-refractivity contribution is 5.50. The Balaban J connectivity index is 2.28. The predicted molar refractivity (Wildman–Crippen MR) is 53.5 cm³/mol. The molecule has 1 aromatic heterocycles. The van der Waals surface area contributed by atoms with E-state index in [1.165, 1.54) is 0 Å². The third kappa shape index (κ3) is 1.04. The van der Waals surface area contributed by atoms with Crippen LogP contribution in [-0.4, -0.2) is 23.3 Å². The van der Waals surface area contributed by atoms with Crippen LogP contribution in [0.4, 0.5) is 11.6 Å². The first-order chi connectivity index (χ1) is 6.93. The van der Waals surface area contributed by atoms with Gasteiger partial charge in [-0.15, -0.1) is 0 Å². The van der Waals surface area contributed by atoms with E-state index in [9.17, 15) is 0 Å². The van der Waals surface area contributed by atoms with Crippen LogP contribution in [0, 0.1) is 0 Å². The van der Waals surface area contributed by atoms with Crippen molar-refractivity contribution in [3.8, 4) is 0 Å².